The van der Waals surface area contributed by atoms with Crippen LogP contribution in [0.4, 0.5) is 0 Å². The van der Waals surface area contributed by atoms with E-state index in [4.69, 9.17) is 4.74 Å². The molecule has 3 heterocycles. The number of nitrogens with zero attached hydrogens (tertiary/aromatic N) is 3. The molecular formula is C20H36N4O3. The lowest BCUT2D eigenvalue weighted by Crippen LogP contribution is -2.56. The second-order valence-corrected chi connectivity index (χ2v) is 8.20. The summed E-state index contributed by atoms with van der Waals surface area (Å²) in [5.74, 6) is 0.839. The van der Waals surface area contributed by atoms with E-state index in [2.05, 4.69) is 17.1 Å². The highest BCUT2D eigenvalue weighted by molar-refractivity contribution is 5.85. The standard InChI is InChI=1S/C20H36N4O3/c1-3-22-12-14-23(15-13-22)18(25)16-17-4-10-24(11-5-17)19(26)20(27-2)6-8-21-9-7-20/h17,21H,3-16H2,1-2H3. The first-order valence-corrected chi connectivity index (χ1v) is 10.6. The molecule has 0 atom stereocenters. The zero-order chi connectivity index (χ0) is 19.3. The Hall–Kier alpha value is -1.18. The highest BCUT2D eigenvalue weighted by atomic mass is 16.5. The van der Waals surface area contributed by atoms with Crippen LogP contribution in [0.15, 0.2) is 0 Å². The van der Waals surface area contributed by atoms with Gasteiger partial charge in [-0.05, 0) is 51.2 Å². The van der Waals surface area contributed by atoms with Crippen LogP contribution in [0.25, 0.3) is 0 Å². The SMILES string of the molecule is CCN1CCN(C(=O)CC2CCN(C(=O)C3(OC)CCNCC3)CC2)CC1. The van der Waals surface area contributed by atoms with Gasteiger partial charge < -0.3 is 24.8 Å². The number of piperazine rings is 1. The summed E-state index contributed by atoms with van der Waals surface area (Å²) in [5, 5.41) is 3.30. The van der Waals surface area contributed by atoms with Gasteiger partial charge in [-0.1, -0.05) is 6.92 Å². The van der Waals surface area contributed by atoms with Crippen LogP contribution in [0.5, 0.6) is 0 Å². The normalized spacial score (nSPS) is 24.8. The summed E-state index contributed by atoms with van der Waals surface area (Å²) in [6.07, 6.45) is 3.96. The number of hydrogen-bond donors (Lipinski definition) is 1. The topological polar surface area (TPSA) is 65.1 Å². The van der Waals surface area contributed by atoms with Crippen LogP contribution in [0, 0.1) is 5.92 Å². The molecule has 7 nitrogen and oxygen atoms in total. The molecule has 0 aromatic carbocycles. The second kappa shape index (κ2) is 9.34. The number of carbonyl (C=O) groups excluding carboxylic acids is 2. The number of ether oxygens (including phenoxy) is 1. The Bertz CT molecular complexity index is 505. The van der Waals surface area contributed by atoms with Gasteiger partial charge in [0.2, 0.25) is 5.91 Å². The Labute approximate surface area is 163 Å². The average Bonchev–Trinajstić information content (AvgIpc) is 2.74. The van der Waals surface area contributed by atoms with Crippen molar-refractivity contribution in [2.45, 2.75) is 44.6 Å². The number of methoxy groups -OCH3 is 1. The molecule has 3 rings (SSSR count). The van der Waals surface area contributed by atoms with Crippen molar-refractivity contribution in [3.05, 3.63) is 0 Å². The van der Waals surface area contributed by atoms with Gasteiger partial charge in [-0.25, -0.2) is 0 Å². The van der Waals surface area contributed by atoms with E-state index in [1.807, 2.05) is 9.80 Å². The maximum atomic E-state index is 13.0. The molecule has 0 bridgehead atoms. The summed E-state index contributed by atoms with van der Waals surface area (Å²) >= 11 is 0. The van der Waals surface area contributed by atoms with Crippen LogP contribution in [-0.4, -0.2) is 98.1 Å². The monoisotopic (exact) mass is 380 g/mol. The smallest absolute Gasteiger partial charge is 0.254 e. The van der Waals surface area contributed by atoms with Gasteiger partial charge in [-0.3, -0.25) is 9.59 Å². The second-order valence-electron chi connectivity index (χ2n) is 8.20. The molecule has 0 saturated carbocycles. The first-order chi connectivity index (χ1) is 13.1. The van der Waals surface area contributed by atoms with Gasteiger partial charge in [0.05, 0.1) is 0 Å². The average molecular weight is 381 g/mol. The van der Waals surface area contributed by atoms with E-state index in [-0.39, 0.29) is 5.91 Å². The summed E-state index contributed by atoms with van der Waals surface area (Å²) in [7, 11) is 1.66. The highest BCUT2D eigenvalue weighted by Gasteiger charge is 2.43. The lowest BCUT2D eigenvalue weighted by molar-refractivity contribution is -0.159. The predicted octanol–water partition coefficient (Wildman–Crippen LogP) is 0.548. The van der Waals surface area contributed by atoms with Crippen molar-refractivity contribution >= 4 is 11.8 Å². The molecule has 0 spiro atoms. The summed E-state index contributed by atoms with van der Waals surface area (Å²) in [4.78, 5) is 32.0. The Morgan fingerprint density at radius 2 is 1.63 bits per heavy atom. The van der Waals surface area contributed by atoms with E-state index in [0.29, 0.717) is 18.2 Å². The van der Waals surface area contributed by atoms with E-state index in [1.54, 1.807) is 7.11 Å². The zero-order valence-corrected chi connectivity index (χ0v) is 17.0. The van der Waals surface area contributed by atoms with Crippen molar-refractivity contribution in [2.75, 3.05) is 66.0 Å². The van der Waals surface area contributed by atoms with Crippen LogP contribution < -0.4 is 5.32 Å². The summed E-state index contributed by atoms with van der Waals surface area (Å²) in [6, 6.07) is 0. The number of amides is 2. The van der Waals surface area contributed by atoms with Gasteiger partial charge >= 0.3 is 0 Å². The van der Waals surface area contributed by atoms with Crippen molar-refractivity contribution < 1.29 is 14.3 Å². The van der Waals surface area contributed by atoms with E-state index < -0.39 is 5.60 Å². The summed E-state index contributed by atoms with van der Waals surface area (Å²) < 4.78 is 5.69. The third kappa shape index (κ3) is 4.81. The van der Waals surface area contributed by atoms with Gasteiger partial charge in [-0.15, -0.1) is 0 Å². The maximum absolute atomic E-state index is 13.0. The fourth-order valence-electron chi connectivity index (χ4n) is 4.65. The minimum Gasteiger partial charge on any atom is -0.368 e. The van der Waals surface area contributed by atoms with Gasteiger partial charge in [0.25, 0.3) is 5.91 Å². The molecule has 3 saturated heterocycles. The fourth-order valence-corrected chi connectivity index (χ4v) is 4.65. The van der Waals surface area contributed by atoms with Crippen molar-refractivity contribution in [1.29, 1.82) is 0 Å². The van der Waals surface area contributed by atoms with Crippen LogP contribution in [0.1, 0.15) is 39.0 Å². The third-order valence-corrected chi connectivity index (χ3v) is 6.73. The summed E-state index contributed by atoms with van der Waals surface area (Å²) in [5.41, 5.74) is -0.646. The maximum Gasteiger partial charge on any atom is 0.254 e. The number of piperidine rings is 2. The molecule has 0 aromatic rings. The number of likely N-dealkylation sites (tertiary alicyclic amines) is 1. The quantitative estimate of drug-likeness (QED) is 0.755. The molecule has 154 valence electrons. The van der Waals surface area contributed by atoms with E-state index in [1.165, 1.54) is 0 Å². The zero-order valence-electron chi connectivity index (χ0n) is 17.0. The molecule has 1 N–H and O–H groups in total. The van der Waals surface area contributed by atoms with Crippen LogP contribution in [-0.2, 0) is 14.3 Å². The minimum absolute atomic E-state index is 0.145. The number of carbonyl (C=O) groups is 2. The van der Waals surface area contributed by atoms with Crippen LogP contribution in [0.2, 0.25) is 0 Å². The largest absolute Gasteiger partial charge is 0.368 e. The molecule has 3 aliphatic rings. The molecule has 3 fully saturated rings. The molecule has 0 aliphatic carbocycles. The van der Waals surface area contributed by atoms with Gasteiger partial charge in [0.15, 0.2) is 0 Å². The highest BCUT2D eigenvalue weighted by Crippen LogP contribution is 2.29. The minimum atomic E-state index is -0.646. The summed E-state index contributed by atoms with van der Waals surface area (Å²) in [6.45, 7) is 10.1. The predicted molar refractivity (Wildman–Crippen MR) is 104 cm³/mol. The fraction of sp³-hybridized carbons (Fsp3) is 0.900. The van der Waals surface area contributed by atoms with E-state index in [9.17, 15) is 9.59 Å². The van der Waals surface area contributed by atoms with E-state index in [0.717, 1.165) is 84.6 Å². The van der Waals surface area contributed by atoms with E-state index >= 15 is 0 Å². The van der Waals surface area contributed by atoms with Crippen LogP contribution in [0.3, 0.4) is 0 Å². The lowest BCUT2D eigenvalue weighted by atomic mass is 9.87. The molecule has 7 heteroatoms. The first-order valence-electron chi connectivity index (χ1n) is 10.6. The number of rotatable bonds is 5. The molecular weight excluding hydrogens is 344 g/mol. The number of nitrogens with one attached hydrogen (secondary N) is 1. The Kier molecular flexibility index (Phi) is 7.11. The number of hydrogen-bond acceptors (Lipinski definition) is 5. The molecule has 3 aliphatic heterocycles. The lowest BCUT2D eigenvalue weighted by Gasteiger charge is -2.41. The molecule has 0 aromatic heterocycles. The Morgan fingerprint density at radius 3 is 2.19 bits per heavy atom. The van der Waals surface area contributed by atoms with Crippen molar-refractivity contribution in [3.8, 4) is 0 Å². The van der Waals surface area contributed by atoms with Gasteiger partial charge in [0, 0.05) is 52.8 Å². The van der Waals surface area contributed by atoms with Crippen molar-refractivity contribution in [3.63, 3.8) is 0 Å². The third-order valence-electron chi connectivity index (χ3n) is 6.73. The molecule has 0 radical (unpaired) electrons. The Morgan fingerprint density at radius 1 is 1.00 bits per heavy atom. The molecule has 0 unspecified atom stereocenters. The van der Waals surface area contributed by atoms with Gasteiger partial charge in [0.1, 0.15) is 5.60 Å². The Balaban J connectivity index is 1.44. The van der Waals surface area contributed by atoms with Crippen molar-refractivity contribution in [2.24, 2.45) is 5.92 Å². The number of likely N-dealkylation sites (N-methyl/N-ethyl adjacent to an activating group) is 1. The molecule has 2 amide bonds. The first kappa shape index (κ1) is 20.6. The van der Waals surface area contributed by atoms with Gasteiger partial charge in [-0.2, -0.15) is 0 Å². The van der Waals surface area contributed by atoms with Crippen LogP contribution >= 0.6 is 0 Å². The van der Waals surface area contributed by atoms with Crippen molar-refractivity contribution in [1.82, 2.24) is 20.0 Å². The molecule has 27 heavy (non-hydrogen) atoms.